The fraction of sp³-hybridized carbons (Fsp3) is 0.167. The highest BCUT2D eigenvalue weighted by Gasteiger charge is 2.38. The van der Waals surface area contributed by atoms with E-state index in [2.05, 4.69) is 4.98 Å². The van der Waals surface area contributed by atoms with E-state index in [9.17, 15) is 13.2 Å². The van der Waals surface area contributed by atoms with Gasteiger partial charge >= 0.3 is 6.18 Å². The maximum Gasteiger partial charge on any atom is 0.454 e. The van der Waals surface area contributed by atoms with E-state index in [0.29, 0.717) is 4.83 Å². The van der Waals surface area contributed by atoms with Crippen LogP contribution in [-0.4, -0.2) is 4.98 Å². The first-order valence-corrected chi connectivity index (χ1v) is 4.21. The van der Waals surface area contributed by atoms with Crippen molar-refractivity contribution in [2.75, 3.05) is 5.73 Å². The SMILES string of the molecule is Nc1[nH]c[n+]2c(C(F)(F)F)csc12. The molecule has 0 aliphatic rings. The molecular weight excluding hydrogens is 203 g/mol. The minimum absolute atomic E-state index is 0.250. The maximum absolute atomic E-state index is 12.3. The molecule has 0 unspecified atom stereocenters. The third-order valence-corrected chi connectivity index (χ3v) is 2.61. The highest BCUT2D eigenvalue weighted by atomic mass is 32.1. The van der Waals surface area contributed by atoms with E-state index in [1.54, 1.807) is 0 Å². The van der Waals surface area contributed by atoms with E-state index >= 15 is 0 Å². The minimum atomic E-state index is -4.34. The molecule has 3 N–H and O–H groups in total. The zero-order chi connectivity index (χ0) is 9.64. The number of nitrogens with one attached hydrogen (secondary N) is 1. The van der Waals surface area contributed by atoms with Crippen molar-refractivity contribution in [3.05, 3.63) is 17.4 Å². The fourth-order valence-corrected chi connectivity index (χ4v) is 1.98. The van der Waals surface area contributed by atoms with E-state index in [0.717, 1.165) is 21.1 Å². The predicted molar refractivity (Wildman–Crippen MR) is 41.2 cm³/mol. The summed E-state index contributed by atoms with van der Waals surface area (Å²) in [6.45, 7) is 0. The third kappa shape index (κ3) is 1.15. The summed E-state index contributed by atoms with van der Waals surface area (Å²) < 4.78 is 37.9. The van der Waals surface area contributed by atoms with Crippen LogP contribution in [-0.2, 0) is 6.18 Å². The smallest absolute Gasteiger partial charge is 0.362 e. The van der Waals surface area contributed by atoms with Crippen LogP contribution in [0, 0.1) is 0 Å². The quantitative estimate of drug-likeness (QED) is 0.632. The number of halogens is 3. The van der Waals surface area contributed by atoms with Gasteiger partial charge in [0.1, 0.15) is 0 Å². The average Bonchev–Trinajstić information content (AvgIpc) is 2.51. The van der Waals surface area contributed by atoms with Gasteiger partial charge in [0, 0.05) is 5.38 Å². The number of fused-ring (bicyclic) bond motifs is 1. The van der Waals surface area contributed by atoms with Crippen LogP contribution in [0.1, 0.15) is 5.69 Å². The van der Waals surface area contributed by atoms with Gasteiger partial charge in [-0.15, -0.1) is 0 Å². The molecule has 0 saturated carbocycles. The molecule has 0 saturated heterocycles. The van der Waals surface area contributed by atoms with Gasteiger partial charge in [0.05, 0.1) is 0 Å². The van der Waals surface area contributed by atoms with Crippen LogP contribution >= 0.6 is 11.3 Å². The second kappa shape index (κ2) is 2.38. The molecule has 0 aliphatic carbocycles. The first-order chi connectivity index (χ1) is 6.00. The predicted octanol–water partition coefficient (Wildman–Crippen LogP) is 1.42. The van der Waals surface area contributed by atoms with Gasteiger partial charge in [-0.05, 0) is 0 Å². The molecule has 0 fully saturated rings. The number of hydrogen-bond acceptors (Lipinski definition) is 2. The van der Waals surface area contributed by atoms with Gasteiger partial charge < -0.3 is 5.73 Å². The number of nitrogen functional groups attached to an aromatic ring is 1. The van der Waals surface area contributed by atoms with Gasteiger partial charge in [0.15, 0.2) is 0 Å². The zero-order valence-corrected chi connectivity index (χ0v) is 7.04. The topological polar surface area (TPSA) is 45.9 Å². The lowest BCUT2D eigenvalue weighted by atomic mass is 10.5. The first kappa shape index (κ1) is 8.36. The molecule has 0 radical (unpaired) electrons. The molecule has 0 aromatic carbocycles. The first-order valence-electron chi connectivity index (χ1n) is 3.33. The lowest BCUT2D eigenvalue weighted by molar-refractivity contribution is -0.537. The number of nitrogens with two attached hydrogens (primary N) is 1. The number of aromatic amines is 1. The van der Waals surface area contributed by atoms with Crippen LogP contribution in [0.25, 0.3) is 4.83 Å². The summed E-state index contributed by atoms with van der Waals surface area (Å²) in [5.41, 5.74) is 4.69. The Labute approximate surface area is 74.6 Å². The Morgan fingerprint density at radius 3 is 2.77 bits per heavy atom. The molecule has 2 aromatic rings. The number of H-pyrrole nitrogens is 1. The third-order valence-electron chi connectivity index (χ3n) is 1.63. The number of hydrogen-bond donors (Lipinski definition) is 2. The maximum atomic E-state index is 12.3. The molecule has 2 heterocycles. The van der Waals surface area contributed by atoms with Gasteiger partial charge in [0.25, 0.3) is 4.83 Å². The van der Waals surface area contributed by atoms with Crippen molar-refractivity contribution in [3.8, 4) is 0 Å². The Hall–Kier alpha value is -1.24. The molecule has 0 bridgehead atoms. The van der Waals surface area contributed by atoms with Gasteiger partial charge in [-0.1, -0.05) is 11.3 Å². The lowest BCUT2D eigenvalue weighted by Crippen LogP contribution is -2.27. The summed E-state index contributed by atoms with van der Waals surface area (Å²) in [7, 11) is 0. The van der Waals surface area contributed by atoms with Crippen LogP contribution in [0.15, 0.2) is 11.7 Å². The van der Waals surface area contributed by atoms with E-state index < -0.39 is 11.9 Å². The van der Waals surface area contributed by atoms with Gasteiger partial charge in [-0.25, -0.2) is 4.98 Å². The van der Waals surface area contributed by atoms with Crippen molar-refractivity contribution in [1.82, 2.24) is 4.98 Å². The number of aromatic nitrogens is 2. The van der Waals surface area contributed by atoms with E-state index in [-0.39, 0.29) is 5.82 Å². The Kier molecular flexibility index (Phi) is 1.53. The van der Waals surface area contributed by atoms with Crippen LogP contribution in [0.3, 0.4) is 0 Å². The van der Waals surface area contributed by atoms with Crippen molar-refractivity contribution in [2.45, 2.75) is 6.18 Å². The van der Waals surface area contributed by atoms with E-state index in [4.69, 9.17) is 5.73 Å². The van der Waals surface area contributed by atoms with Crippen LogP contribution in [0.4, 0.5) is 19.0 Å². The molecular formula is C6H5F3N3S+. The number of thiazole rings is 1. The van der Waals surface area contributed by atoms with Gasteiger partial charge in [0.2, 0.25) is 17.8 Å². The molecule has 3 nitrogen and oxygen atoms in total. The minimum Gasteiger partial charge on any atom is -0.362 e. The highest BCUT2D eigenvalue weighted by molar-refractivity contribution is 7.15. The van der Waals surface area contributed by atoms with Crippen LogP contribution in [0.5, 0.6) is 0 Å². The molecule has 0 amide bonds. The Morgan fingerprint density at radius 2 is 2.15 bits per heavy atom. The number of nitrogens with zero attached hydrogens (tertiary/aromatic N) is 1. The normalized spacial score (nSPS) is 12.5. The molecule has 0 aliphatic heterocycles. The van der Waals surface area contributed by atoms with Crippen molar-refractivity contribution < 1.29 is 17.6 Å². The molecule has 2 rings (SSSR count). The summed E-state index contributed by atoms with van der Waals surface area (Å²) >= 11 is 0.961. The second-order valence-corrected chi connectivity index (χ2v) is 3.34. The average molecular weight is 208 g/mol. The summed E-state index contributed by atoms with van der Waals surface area (Å²) in [5, 5.41) is 1.04. The van der Waals surface area contributed by atoms with Gasteiger partial charge in [-0.2, -0.15) is 17.6 Å². The molecule has 70 valence electrons. The lowest BCUT2D eigenvalue weighted by Gasteiger charge is -1.98. The van der Waals surface area contributed by atoms with Crippen molar-refractivity contribution in [2.24, 2.45) is 0 Å². The second-order valence-electron chi connectivity index (χ2n) is 2.48. The van der Waals surface area contributed by atoms with Crippen LogP contribution in [0.2, 0.25) is 0 Å². The summed E-state index contributed by atoms with van der Waals surface area (Å²) in [4.78, 5) is 2.90. The van der Waals surface area contributed by atoms with Crippen LogP contribution < -0.4 is 10.1 Å². The fourth-order valence-electron chi connectivity index (χ4n) is 1.06. The summed E-state index contributed by atoms with van der Waals surface area (Å²) in [6.07, 6.45) is -3.14. The molecule has 13 heavy (non-hydrogen) atoms. The largest absolute Gasteiger partial charge is 0.454 e. The molecule has 0 atom stereocenters. The number of anilines is 1. The Balaban J connectivity index is 2.72. The number of rotatable bonds is 0. The molecule has 7 heteroatoms. The molecule has 0 spiro atoms. The monoisotopic (exact) mass is 208 g/mol. The Morgan fingerprint density at radius 1 is 1.46 bits per heavy atom. The zero-order valence-electron chi connectivity index (χ0n) is 6.22. The number of alkyl halides is 3. The summed E-state index contributed by atoms with van der Waals surface area (Å²) in [6, 6.07) is 0. The number of imidazole rings is 1. The van der Waals surface area contributed by atoms with Gasteiger partial charge in [-0.3, -0.25) is 0 Å². The standard InChI is InChI=1S/C6H4F3N3S/c7-6(8,9)3-1-13-5-4(10)11-2-12(3)5/h1-2H,10H2/p+1. The van der Waals surface area contributed by atoms with Crippen molar-refractivity contribution in [1.29, 1.82) is 0 Å². The van der Waals surface area contributed by atoms with E-state index in [1.807, 2.05) is 0 Å². The Bertz CT molecular complexity index is 441. The summed E-state index contributed by atoms with van der Waals surface area (Å²) in [5.74, 6) is 0.250. The highest BCUT2D eigenvalue weighted by Crippen LogP contribution is 2.29. The van der Waals surface area contributed by atoms with Crippen molar-refractivity contribution in [3.63, 3.8) is 0 Å². The van der Waals surface area contributed by atoms with E-state index in [1.165, 1.54) is 6.33 Å². The van der Waals surface area contributed by atoms with Crippen molar-refractivity contribution >= 4 is 22.0 Å². The molecule has 2 aromatic heterocycles.